The van der Waals surface area contributed by atoms with Gasteiger partial charge in [0.2, 0.25) is 5.91 Å². The van der Waals surface area contributed by atoms with Gasteiger partial charge in [-0.2, -0.15) is 0 Å². The Balaban J connectivity index is 1.64. The highest BCUT2D eigenvalue weighted by Crippen LogP contribution is 2.49. The number of carbonyl (C=O) groups is 1. The predicted molar refractivity (Wildman–Crippen MR) is 100 cm³/mol. The Kier molecular flexibility index (Phi) is 3.72. The molecule has 0 radical (unpaired) electrons. The zero-order valence-corrected chi connectivity index (χ0v) is 14.5. The van der Waals surface area contributed by atoms with Crippen molar-refractivity contribution in [2.75, 3.05) is 18.4 Å². The van der Waals surface area contributed by atoms with Crippen LogP contribution in [0.2, 0.25) is 0 Å². The number of phenolic OH excluding ortho intramolecular Hbond substituents is 1. The fourth-order valence-corrected chi connectivity index (χ4v) is 5.23. The van der Waals surface area contributed by atoms with Gasteiger partial charge in [0.15, 0.2) is 0 Å². The molecule has 5 nitrogen and oxygen atoms in total. The van der Waals surface area contributed by atoms with Crippen LogP contribution in [0.3, 0.4) is 0 Å². The highest BCUT2D eigenvalue weighted by Gasteiger charge is 2.50. The second-order valence-corrected chi connectivity index (χ2v) is 7.62. The van der Waals surface area contributed by atoms with Gasteiger partial charge in [0.1, 0.15) is 5.75 Å². The summed E-state index contributed by atoms with van der Waals surface area (Å²) in [5, 5.41) is 20.0. The minimum atomic E-state index is -0.228. The largest absolute Gasteiger partial charge is 0.508 e. The molecule has 5 atom stereocenters. The van der Waals surface area contributed by atoms with Gasteiger partial charge in [0.25, 0.3) is 0 Å². The molecule has 3 aliphatic rings. The highest BCUT2D eigenvalue weighted by molar-refractivity contribution is 5.97. The number of hydrogen-bond acceptors (Lipinski definition) is 4. The molecule has 0 aromatic heterocycles. The number of carbonyl (C=O) groups excluding carboxylic acids is 1. The number of benzene rings is 2. The summed E-state index contributed by atoms with van der Waals surface area (Å²) in [4.78, 5) is 13.3. The summed E-state index contributed by atoms with van der Waals surface area (Å²) < 4.78 is 0. The molecular formula is C21H23N3O2. The van der Waals surface area contributed by atoms with Gasteiger partial charge in [-0.1, -0.05) is 30.3 Å². The lowest BCUT2D eigenvalue weighted by atomic mass is 9.67. The zero-order chi connectivity index (χ0) is 17.7. The average molecular weight is 349 g/mol. The Labute approximate surface area is 152 Å². The Morgan fingerprint density at radius 1 is 1.00 bits per heavy atom. The van der Waals surface area contributed by atoms with Crippen LogP contribution >= 0.6 is 0 Å². The Morgan fingerprint density at radius 2 is 1.81 bits per heavy atom. The summed E-state index contributed by atoms with van der Waals surface area (Å²) in [5.74, 6) is 1.06. The summed E-state index contributed by atoms with van der Waals surface area (Å²) in [6.07, 6.45) is 1.33. The first-order valence-corrected chi connectivity index (χ1v) is 9.38. The van der Waals surface area contributed by atoms with Crippen molar-refractivity contribution in [3.05, 3.63) is 59.7 Å². The standard InChI is InChI=1S/C21H23N3O2/c25-13-7-5-12(6-8-13)18-16-11-23-20-19(16)15(9-10-22-20)14-3-1-2-4-17(14)24-21(18)26/h1-8,15-16,18-20,22-23,25H,9-11H2,(H,24,26)/t15?,16?,18-,19?,20?/m1/s1. The van der Waals surface area contributed by atoms with Gasteiger partial charge in [-0.3, -0.25) is 4.79 Å². The Bertz CT molecular complexity index is 835. The van der Waals surface area contributed by atoms with Crippen molar-refractivity contribution in [2.45, 2.75) is 24.4 Å². The van der Waals surface area contributed by atoms with Crippen molar-refractivity contribution in [1.82, 2.24) is 10.6 Å². The van der Waals surface area contributed by atoms with Crippen LogP contribution in [0.4, 0.5) is 5.69 Å². The lowest BCUT2D eigenvalue weighted by molar-refractivity contribution is -0.119. The molecule has 2 aromatic rings. The molecule has 5 rings (SSSR count). The smallest absolute Gasteiger partial charge is 0.232 e. The van der Waals surface area contributed by atoms with E-state index in [2.05, 4.69) is 28.1 Å². The third-order valence-corrected chi connectivity index (χ3v) is 6.32. The molecule has 4 unspecified atom stereocenters. The second kappa shape index (κ2) is 6.11. The highest BCUT2D eigenvalue weighted by atomic mass is 16.3. The number of fused-ring (bicyclic) bond motifs is 2. The molecule has 4 N–H and O–H groups in total. The SMILES string of the molecule is O=C1Nc2ccccc2C2CCNC3NCC(C32)[C@H]1c1ccc(O)cc1. The zero-order valence-electron chi connectivity index (χ0n) is 14.5. The van der Waals surface area contributed by atoms with E-state index < -0.39 is 0 Å². The first-order valence-electron chi connectivity index (χ1n) is 9.38. The van der Waals surface area contributed by atoms with Gasteiger partial charge in [-0.15, -0.1) is 0 Å². The maximum Gasteiger partial charge on any atom is 0.232 e. The molecule has 0 bridgehead atoms. The molecule has 134 valence electrons. The van der Waals surface area contributed by atoms with Gasteiger partial charge in [-0.25, -0.2) is 0 Å². The summed E-state index contributed by atoms with van der Waals surface area (Å²) in [5.41, 5.74) is 3.17. The maximum absolute atomic E-state index is 13.3. The van der Waals surface area contributed by atoms with E-state index in [4.69, 9.17) is 0 Å². The summed E-state index contributed by atoms with van der Waals surface area (Å²) >= 11 is 0. The molecule has 5 heteroatoms. The average Bonchev–Trinajstić information content (AvgIpc) is 3.07. The second-order valence-electron chi connectivity index (χ2n) is 7.62. The first kappa shape index (κ1) is 15.9. The molecule has 3 aliphatic heterocycles. The lowest BCUT2D eigenvalue weighted by Crippen LogP contribution is -2.50. The number of rotatable bonds is 1. The van der Waals surface area contributed by atoms with Crippen LogP contribution in [-0.4, -0.2) is 30.3 Å². The molecule has 2 saturated heterocycles. The number of para-hydroxylation sites is 1. The van der Waals surface area contributed by atoms with Gasteiger partial charge in [0.05, 0.1) is 12.1 Å². The van der Waals surface area contributed by atoms with Crippen molar-refractivity contribution < 1.29 is 9.90 Å². The van der Waals surface area contributed by atoms with Crippen LogP contribution in [0, 0.1) is 11.8 Å². The quantitative estimate of drug-likeness (QED) is 0.638. The van der Waals surface area contributed by atoms with Crippen molar-refractivity contribution in [3.8, 4) is 5.75 Å². The van der Waals surface area contributed by atoms with Crippen molar-refractivity contribution >= 4 is 11.6 Å². The van der Waals surface area contributed by atoms with Crippen molar-refractivity contribution in [1.29, 1.82) is 0 Å². The number of hydrogen-bond donors (Lipinski definition) is 4. The van der Waals surface area contributed by atoms with Crippen LogP contribution in [0.1, 0.15) is 29.4 Å². The number of aromatic hydroxyl groups is 1. The fourth-order valence-electron chi connectivity index (χ4n) is 5.23. The molecule has 0 aliphatic carbocycles. The number of nitrogens with one attached hydrogen (secondary N) is 3. The fraction of sp³-hybridized carbons (Fsp3) is 0.381. The Morgan fingerprint density at radius 3 is 2.65 bits per heavy atom. The molecule has 1 amide bonds. The topological polar surface area (TPSA) is 73.4 Å². The molecular weight excluding hydrogens is 326 g/mol. The van der Waals surface area contributed by atoms with Gasteiger partial charge in [0, 0.05) is 12.2 Å². The van der Waals surface area contributed by atoms with E-state index in [9.17, 15) is 9.90 Å². The predicted octanol–water partition coefficient (Wildman–Crippen LogP) is 2.37. The summed E-state index contributed by atoms with van der Waals surface area (Å²) in [6, 6.07) is 15.3. The minimum absolute atomic E-state index is 0.0413. The number of phenols is 1. The van der Waals surface area contributed by atoms with Crippen LogP contribution < -0.4 is 16.0 Å². The molecule has 0 spiro atoms. The van der Waals surface area contributed by atoms with Gasteiger partial charge in [-0.05, 0) is 60.0 Å². The molecule has 26 heavy (non-hydrogen) atoms. The summed E-state index contributed by atoms with van der Waals surface area (Å²) in [6.45, 7) is 1.80. The van der Waals surface area contributed by atoms with E-state index in [1.54, 1.807) is 12.1 Å². The van der Waals surface area contributed by atoms with E-state index in [1.807, 2.05) is 24.3 Å². The summed E-state index contributed by atoms with van der Waals surface area (Å²) in [7, 11) is 0. The lowest BCUT2D eigenvalue weighted by Gasteiger charge is -2.42. The number of anilines is 1. The van der Waals surface area contributed by atoms with E-state index >= 15 is 0 Å². The maximum atomic E-state index is 13.3. The Hall–Kier alpha value is -2.37. The van der Waals surface area contributed by atoms with E-state index in [1.165, 1.54) is 5.56 Å². The minimum Gasteiger partial charge on any atom is -0.508 e. The number of piperidine rings is 1. The van der Waals surface area contributed by atoms with Crippen molar-refractivity contribution in [2.24, 2.45) is 11.8 Å². The van der Waals surface area contributed by atoms with Gasteiger partial charge < -0.3 is 21.1 Å². The first-order chi connectivity index (χ1) is 12.7. The molecule has 3 heterocycles. The normalized spacial score (nSPS) is 32.8. The van der Waals surface area contributed by atoms with Gasteiger partial charge >= 0.3 is 0 Å². The monoisotopic (exact) mass is 349 g/mol. The number of amides is 1. The van der Waals surface area contributed by atoms with Crippen LogP contribution in [0.25, 0.3) is 0 Å². The van der Waals surface area contributed by atoms with Crippen LogP contribution in [-0.2, 0) is 4.79 Å². The van der Waals surface area contributed by atoms with E-state index in [-0.39, 0.29) is 29.7 Å². The third kappa shape index (κ3) is 2.42. The molecule has 2 aromatic carbocycles. The third-order valence-electron chi connectivity index (χ3n) is 6.32. The van der Waals surface area contributed by atoms with Crippen LogP contribution in [0.15, 0.2) is 48.5 Å². The van der Waals surface area contributed by atoms with E-state index in [0.29, 0.717) is 11.8 Å². The van der Waals surface area contributed by atoms with Crippen LogP contribution in [0.5, 0.6) is 5.75 Å². The van der Waals surface area contributed by atoms with E-state index in [0.717, 1.165) is 30.8 Å². The molecule has 0 saturated carbocycles. The van der Waals surface area contributed by atoms with Crippen molar-refractivity contribution in [3.63, 3.8) is 0 Å². The molecule has 2 fully saturated rings.